The standard InChI is InChI=1S/C13H18FNO/c1-10(15-8-2-3-9-15)13(16)11-4-6-12(14)7-5-11/h4-7,10,13,16H,2-3,8-9H2,1H3/t10-,13-/m0/s1. The fourth-order valence-corrected chi connectivity index (χ4v) is 2.29. The molecule has 1 aromatic carbocycles. The predicted octanol–water partition coefficient (Wildman–Crippen LogP) is 2.34. The molecule has 1 heterocycles. The summed E-state index contributed by atoms with van der Waals surface area (Å²) < 4.78 is 12.8. The van der Waals surface area contributed by atoms with Crippen LogP contribution in [0.2, 0.25) is 0 Å². The van der Waals surface area contributed by atoms with Gasteiger partial charge in [-0.05, 0) is 50.6 Å². The van der Waals surface area contributed by atoms with Gasteiger partial charge in [0.2, 0.25) is 0 Å². The second-order valence-electron chi connectivity index (χ2n) is 4.48. The van der Waals surface area contributed by atoms with E-state index >= 15 is 0 Å². The SMILES string of the molecule is C[C@@H]([C@H](O)c1ccc(F)cc1)N1CCCC1. The highest BCUT2D eigenvalue weighted by Gasteiger charge is 2.25. The highest BCUT2D eigenvalue weighted by molar-refractivity contribution is 5.19. The molecule has 88 valence electrons. The van der Waals surface area contributed by atoms with Crippen molar-refractivity contribution in [2.45, 2.75) is 31.9 Å². The summed E-state index contributed by atoms with van der Waals surface area (Å²) in [7, 11) is 0. The molecule has 0 aliphatic carbocycles. The molecule has 0 aromatic heterocycles. The Morgan fingerprint density at radius 3 is 2.31 bits per heavy atom. The Hall–Kier alpha value is -0.930. The summed E-state index contributed by atoms with van der Waals surface area (Å²) in [5.74, 6) is -0.259. The van der Waals surface area contributed by atoms with E-state index in [0.29, 0.717) is 0 Å². The van der Waals surface area contributed by atoms with Gasteiger partial charge in [-0.3, -0.25) is 4.90 Å². The number of likely N-dealkylation sites (tertiary alicyclic amines) is 1. The fourth-order valence-electron chi connectivity index (χ4n) is 2.29. The Labute approximate surface area is 95.7 Å². The molecule has 1 aliphatic heterocycles. The van der Waals surface area contributed by atoms with Gasteiger partial charge in [0.1, 0.15) is 5.82 Å². The Kier molecular flexibility index (Phi) is 3.56. The third-order valence-corrected chi connectivity index (χ3v) is 3.39. The molecular weight excluding hydrogens is 205 g/mol. The van der Waals surface area contributed by atoms with Crippen molar-refractivity contribution in [2.75, 3.05) is 13.1 Å². The molecular formula is C13H18FNO. The average Bonchev–Trinajstić information content (AvgIpc) is 2.81. The monoisotopic (exact) mass is 223 g/mol. The van der Waals surface area contributed by atoms with Gasteiger partial charge in [0.15, 0.2) is 0 Å². The summed E-state index contributed by atoms with van der Waals surface area (Å²) in [6.45, 7) is 4.14. The van der Waals surface area contributed by atoms with E-state index in [2.05, 4.69) is 4.90 Å². The second kappa shape index (κ2) is 4.93. The highest BCUT2D eigenvalue weighted by atomic mass is 19.1. The van der Waals surface area contributed by atoms with Gasteiger partial charge < -0.3 is 5.11 Å². The third-order valence-electron chi connectivity index (χ3n) is 3.39. The zero-order chi connectivity index (χ0) is 11.5. The molecule has 0 spiro atoms. The van der Waals surface area contributed by atoms with E-state index in [4.69, 9.17) is 0 Å². The number of hydrogen-bond acceptors (Lipinski definition) is 2. The molecule has 0 bridgehead atoms. The van der Waals surface area contributed by atoms with Gasteiger partial charge in [-0.25, -0.2) is 4.39 Å². The van der Waals surface area contributed by atoms with E-state index in [-0.39, 0.29) is 11.9 Å². The zero-order valence-corrected chi connectivity index (χ0v) is 9.56. The first-order valence-electron chi connectivity index (χ1n) is 5.86. The van der Waals surface area contributed by atoms with Gasteiger partial charge in [-0.1, -0.05) is 12.1 Å². The maximum atomic E-state index is 12.8. The molecule has 1 N–H and O–H groups in total. The molecule has 2 atom stereocenters. The molecule has 1 aliphatic rings. The molecule has 1 saturated heterocycles. The molecule has 1 aromatic rings. The summed E-state index contributed by atoms with van der Waals surface area (Å²) in [6.07, 6.45) is 1.89. The maximum Gasteiger partial charge on any atom is 0.123 e. The molecule has 2 nitrogen and oxygen atoms in total. The minimum atomic E-state index is -0.529. The summed E-state index contributed by atoms with van der Waals surface area (Å²) in [5, 5.41) is 10.2. The number of hydrogen-bond donors (Lipinski definition) is 1. The number of aliphatic hydroxyl groups excluding tert-OH is 1. The lowest BCUT2D eigenvalue weighted by Crippen LogP contribution is -2.35. The van der Waals surface area contributed by atoms with Crippen molar-refractivity contribution in [1.82, 2.24) is 4.90 Å². The van der Waals surface area contributed by atoms with Crippen LogP contribution in [0.4, 0.5) is 4.39 Å². The van der Waals surface area contributed by atoms with Crippen LogP contribution < -0.4 is 0 Å². The van der Waals surface area contributed by atoms with Crippen LogP contribution in [0.25, 0.3) is 0 Å². The molecule has 3 heteroatoms. The number of nitrogens with zero attached hydrogens (tertiary/aromatic N) is 1. The van der Waals surface area contributed by atoms with Crippen LogP contribution in [0.5, 0.6) is 0 Å². The van der Waals surface area contributed by atoms with Crippen molar-refractivity contribution in [1.29, 1.82) is 0 Å². The van der Waals surface area contributed by atoms with Crippen LogP contribution in [0.1, 0.15) is 31.4 Å². The Balaban J connectivity index is 2.05. The number of aliphatic hydroxyl groups is 1. The van der Waals surface area contributed by atoms with E-state index < -0.39 is 6.10 Å². The Bertz CT molecular complexity index is 332. The lowest BCUT2D eigenvalue weighted by Gasteiger charge is -2.28. The topological polar surface area (TPSA) is 23.5 Å². The van der Waals surface area contributed by atoms with Crippen LogP contribution in [-0.4, -0.2) is 29.1 Å². The van der Waals surface area contributed by atoms with Crippen LogP contribution in [0, 0.1) is 5.82 Å². The number of halogens is 1. The van der Waals surface area contributed by atoms with Crippen molar-refractivity contribution in [3.8, 4) is 0 Å². The first-order valence-corrected chi connectivity index (χ1v) is 5.86. The minimum absolute atomic E-state index is 0.105. The van der Waals surface area contributed by atoms with E-state index in [1.807, 2.05) is 6.92 Å². The third kappa shape index (κ3) is 2.42. The molecule has 2 rings (SSSR count). The minimum Gasteiger partial charge on any atom is -0.387 e. The predicted molar refractivity (Wildman–Crippen MR) is 61.6 cm³/mol. The van der Waals surface area contributed by atoms with Crippen molar-refractivity contribution >= 4 is 0 Å². The van der Waals surface area contributed by atoms with Gasteiger partial charge >= 0.3 is 0 Å². The fraction of sp³-hybridized carbons (Fsp3) is 0.538. The van der Waals surface area contributed by atoms with Crippen LogP contribution in [-0.2, 0) is 0 Å². The Morgan fingerprint density at radius 2 is 1.75 bits per heavy atom. The first-order chi connectivity index (χ1) is 7.68. The van der Waals surface area contributed by atoms with Crippen molar-refractivity contribution in [3.63, 3.8) is 0 Å². The second-order valence-corrected chi connectivity index (χ2v) is 4.48. The van der Waals surface area contributed by atoms with E-state index in [1.54, 1.807) is 12.1 Å². The first kappa shape index (κ1) is 11.6. The van der Waals surface area contributed by atoms with Crippen LogP contribution in [0.15, 0.2) is 24.3 Å². The van der Waals surface area contributed by atoms with Crippen molar-refractivity contribution in [2.24, 2.45) is 0 Å². The van der Waals surface area contributed by atoms with Crippen LogP contribution in [0.3, 0.4) is 0 Å². The van der Waals surface area contributed by atoms with Gasteiger partial charge in [0.25, 0.3) is 0 Å². The lowest BCUT2D eigenvalue weighted by atomic mass is 10.0. The summed E-state index contributed by atoms with van der Waals surface area (Å²) in [5.41, 5.74) is 0.792. The van der Waals surface area contributed by atoms with Gasteiger partial charge in [-0.15, -0.1) is 0 Å². The van der Waals surface area contributed by atoms with E-state index in [1.165, 1.54) is 25.0 Å². The average molecular weight is 223 g/mol. The zero-order valence-electron chi connectivity index (χ0n) is 9.56. The van der Waals surface area contributed by atoms with Gasteiger partial charge in [0, 0.05) is 6.04 Å². The molecule has 0 amide bonds. The Morgan fingerprint density at radius 1 is 1.19 bits per heavy atom. The summed E-state index contributed by atoms with van der Waals surface area (Å²) in [6, 6.07) is 6.22. The quantitative estimate of drug-likeness (QED) is 0.850. The molecule has 1 fully saturated rings. The lowest BCUT2D eigenvalue weighted by molar-refractivity contribution is 0.0715. The molecule has 0 radical (unpaired) electrons. The van der Waals surface area contributed by atoms with Crippen LogP contribution >= 0.6 is 0 Å². The smallest absolute Gasteiger partial charge is 0.123 e. The van der Waals surface area contributed by atoms with E-state index in [9.17, 15) is 9.50 Å². The highest BCUT2D eigenvalue weighted by Crippen LogP contribution is 2.23. The summed E-state index contributed by atoms with van der Waals surface area (Å²) >= 11 is 0. The number of benzene rings is 1. The van der Waals surface area contributed by atoms with E-state index in [0.717, 1.165) is 18.7 Å². The van der Waals surface area contributed by atoms with Gasteiger partial charge in [0.05, 0.1) is 6.10 Å². The largest absolute Gasteiger partial charge is 0.387 e. The maximum absolute atomic E-state index is 12.8. The van der Waals surface area contributed by atoms with Crippen molar-refractivity contribution < 1.29 is 9.50 Å². The van der Waals surface area contributed by atoms with Gasteiger partial charge in [-0.2, -0.15) is 0 Å². The normalized spacial score (nSPS) is 20.9. The molecule has 0 saturated carbocycles. The molecule has 0 unspecified atom stereocenters. The summed E-state index contributed by atoms with van der Waals surface area (Å²) in [4.78, 5) is 2.29. The molecule has 16 heavy (non-hydrogen) atoms. The van der Waals surface area contributed by atoms with Crippen molar-refractivity contribution in [3.05, 3.63) is 35.6 Å². The number of rotatable bonds is 3.